The van der Waals surface area contributed by atoms with Crippen LogP contribution in [0.4, 0.5) is 5.69 Å². The number of nitrogens with two attached hydrogens (primary N) is 2. The molecule has 0 aliphatic heterocycles. The molecule has 0 unspecified atom stereocenters. The Labute approximate surface area is 102 Å². The summed E-state index contributed by atoms with van der Waals surface area (Å²) in [5.74, 6) is -0.901. The highest BCUT2D eigenvalue weighted by atomic mass is 79.9. The normalized spacial score (nSPS) is 9.88. The predicted octanol–water partition coefficient (Wildman–Crippen LogP) is 0.589. The number of anilines is 1. The molecule has 0 bridgehead atoms. The van der Waals surface area contributed by atoms with Crippen LogP contribution >= 0.6 is 15.9 Å². The fourth-order valence-corrected chi connectivity index (χ4v) is 1.59. The SMILES string of the molecule is CN(CC(N)=O)C(=O)c1cc(Br)ccc1N. The first kappa shape index (κ1) is 12.5. The molecule has 6 heteroatoms. The van der Waals surface area contributed by atoms with Gasteiger partial charge in [0.05, 0.1) is 12.1 Å². The van der Waals surface area contributed by atoms with Crippen LogP contribution in [0.3, 0.4) is 0 Å². The molecule has 16 heavy (non-hydrogen) atoms. The molecular formula is C10H12BrN3O2. The van der Waals surface area contributed by atoms with Gasteiger partial charge in [0.1, 0.15) is 0 Å². The molecule has 5 nitrogen and oxygen atoms in total. The number of nitrogen functional groups attached to an aromatic ring is 1. The highest BCUT2D eigenvalue weighted by molar-refractivity contribution is 9.10. The van der Waals surface area contributed by atoms with Crippen molar-refractivity contribution in [3.63, 3.8) is 0 Å². The van der Waals surface area contributed by atoms with Crippen molar-refractivity contribution < 1.29 is 9.59 Å². The molecule has 1 aromatic rings. The van der Waals surface area contributed by atoms with Crippen molar-refractivity contribution in [2.75, 3.05) is 19.3 Å². The fraction of sp³-hybridized carbons (Fsp3) is 0.200. The van der Waals surface area contributed by atoms with Gasteiger partial charge in [0.25, 0.3) is 5.91 Å². The zero-order valence-corrected chi connectivity index (χ0v) is 10.3. The number of primary amides is 1. The van der Waals surface area contributed by atoms with Crippen LogP contribution in [0.5, 0.6) is 0 Å². The highest BCUT2D eigenvalue weighted by Crippen LogP contribution is 2.19. The number of hydrogen-bond acceptors (Lipinski definition) is 3. The molecule has 0 atom stereocenters. The van der Waals surface area contributed by atoms with Crippen molar-refractivity contribution in [2.45, 2.75) is 0 Å². The number of hydrogen-bond donors (Lipinski definition) is 2. The van der Waals surface area contributed by atoms with Gasteiger partial charge in [-0.25, -0.2) is 0 Å². The summed E-state index contributed by atoms with van der Waals surface area (Å²) in [7, 11) is 1.49. The van der Waals surface area contributed by atoms with Crippen LogP contribution in [0, 0.1) is 0 Å². The summed E-state index contributed by atoms with van der Waals surface area (Å²) in [6, 6.07) is 4.96. The summed E-state index contributed by atoms with van der Waals surface area (Å²) < 4.78 is 0.748. The third-order valence-electron chi connectivity index (χ3n) is 1.99. The summed E-state index contributed by atoms with van der Waals surface area (Å²) in [5.41, 5.74) is 11.4. The second-order valence-electron chi connectivity index (χ2n) is 3.36. The third-order valence-corrected chi connectivity index (χ3v) is 2.48. The van der Waals surface area contributed by atoms with Gasteiger partial charge in [-0.1, -0.05) is 15.9 Å². The molecular weight excluding hydrogens is 274 g/mol. The lowest BCUT2D eigenvalue weighted by atomic mass is 10.1. The smallest absolute Gasteiger partial charge is 0.256 e. The molecule has 4 N–H and O–H groups in total. The maximum atomic E-state index is 11.9. The topological polar surface area (TPSA) is 89.4 Å². The molecule has 0 saturated carbocycles. The molecule has 86 valence electrons. The van der Waals surface area contributed by atoms with Gasteiger partial charge in [0, 0.05) is 17.2 Å². The number of benzene rings is 1. The van der Waals surface area contributed by atoms with Crippen molar-refractivity contribution in [2.24, 2.45) is 5.73 Å². The Kier molecular flexibility index (Phi) is 3.89. The maximum absolute atomic E-state index is 11.9. The average molecular weight is 286 g/mol. The Morgan fingerprint density at radius 1 is 1.44 bits per heavy atom. The van der Waals surface area contributed by atoms with Crippen molar-refractivity contribution in [1.82, 2.24) is 4.90 Å². The zero-order chi connectivity index (χ0) is 12.3. The van der Waals surface area contributed by atoms with Gasteiger partial charge in [0.15, 0.2) is 0 Å². The minimum atomic E-state index is -0.565. The Hall–Kier alpha value is -1.56. The van der Waals surface area contributed by atoms with E-state index < -0.39 is 5.91 Å². The predicted molar refractivity (Wildman–Crippen MR) is 64.7 cm³/mol. The Morgan fingerprint density at radius 2 is 2.06 bits per heavy atom. The summed E-state index contributed by atoms with van der Waals surface area (Å²) in [5, 5.41) is 0. The fourth-order valence-electron chi connectivity index (χ4n) is 1.22. The number of rotatable bonds is 3. The molecule has 0 aliphatic carbocycles. The van der Waals surface area contributed by atoms with Crippen LogP contribution in [-0.4, -0.2) is 30.3 Å². The largest absolute Gasteiger partial charge is 0.398 e. The number of carbonyl (C=O) groups excluding carboxylic acids is 2. The lowest BCUT2D eigenvalue weighted by Crippen LogP contribution is -2.35. The molecule has 0 aromatic heterocycles. The Morgan fingerprint density at radius 3 is 2.62 bits per heavy atom. The van der Waals surface area contributed by atoms with E-state index in [2.05, 4.69) is 15.9 Å². The Bertz CT molecular complexity index is 434. The number of halogens is 1. The third kappa shape index (κ3) is 2.96. The molecule has 2 amide bonds. The number of likely N-dealkylation sites (N-methyl/N-ethyl adjacent to an activating group) is 1. The zero-order valence-electron chi connectivity index (χ0n) is 8.74. The quantitative estimate of drug-likeness (QED) is 0.797. The van der Waals surface area contributed by atoms with Gasteiger partial charge in [-0.15, -0.1) is 0 Å². The first-order chi connectivity index (χ1) is 7.41. The minimum Gasteiger partial charge on any atom is -0.398 e. The summed E-state index contributed by atoms with van der Waals surface area (Å²) in [6.07, 6.45) is 0. The molecule has 0 fully saturated rings. The molecule has 0 saturated heterocycles. The van der Waals surface area contributed by atoms with Crippen LogP contribution in [0.25, 0.3) is 0 Å². The lowest BCUT2D eigenvalue weighted by Gasteiger charge is -2.16. The van der Waals surface area contributed by atoms with Gasteiger partial charge in [0.2, 0.25) is 5.91 Å². The van der Waals surface area contributed by atoms with Crippen LogP contribution < -0.4 is 11.5 Å². The van der Waals surface area contributed by atoms with Crippen LogP contribution in [-0.2, 0) is 4.79 Å². The molecule has 0 heterocycles. The van der Waals surface area contributed by atoms with Gasteiger partial charge >= 0.3 is 0 Å². The maximum Gasteiger partial charge on any atom is 0.256 e. The second kappa shape index (κ2) is 4.98. The van der Waals surface area contributed by atoms with E-state index in [1.807, 2.05) is 0 Å². The first-order valence-corrected chi connectivity index (χ1v) is 5.30. The van der Waals surface area contributed by atoms with E-state index >= 15 is 0 Å². The molecule has 0 aliphatic rings. The van der Waals surface area contributed by atoms with Gasteiger partial charge < -0.3 is 16.4 Å². The van der Waals surface area contributed by atoms with Crippen LogP contribution in [0.2, 0.25) is 0 Å². The first-order valence-electron chi connectivity index (χ1n) is 4.50. The van der Waals surface area contributed by atoms with E-state index in [1.54, 1.807) is 18.2 Å². The summed E-state index contributed by atoms with van der Waals surface area (Å²) >= 11 is 3.25. The van der Waals surface area contributed by atoms with E-state index in [0.29, 0.717) is 11.3 Å². The molecule has 1 rings (SSSR count). The van der Waals surface area contributed by atoms with Gasteiger partial charge in [-0.2, -0.15) is 0 Å². The monoisotopic (exact) mass is 285 g/mol. The Balaban J connectivity index is 2.95. The van der Waals surface area contributed by atoms with Crippen molar-refractivity contribution in [3.05, 3.63) is 28.2 Å². The summed E-state index contributed by atoms with van der Waals surface area (Å²) in [4.78, 5) is 23.8. The second-order valence-corrected chi connectivity index (χ2v) is 4.27. The van der Waals surface area contributed by atoms with Gasteiger partial charge in [-0.05, 0) is 18.2 Å². The highest BCUT2D eigenvalue weighted by Gasteiger charge is 2.16. The average Bonchev–Trinajstić information content (AvgIpc) is 2.19. The van der Waals surface area contributed by atoms with E-state index in [1.165, 1.54) is 11.9 Å². The van der Waals surface area contributed by atoms with E-state index in [4.69, 9.17) is 11.5 Å². The van der Waals surface area contributed by atoms with Crippen molar-refractivity contribution in [1.29, 1.82) is 0 Å². The minimum absolute atomic E-state index is 0.134. The van der Waals surface area contributed by atoms with E-state index in [0.717, 1.165) is 4.47 Å². The standard InChI is InChI=1S/C10H12BrN3O2/c1-14(5-9(13)15)10(16)7-4-6(11)2-3-8(7)12/h2-4H,5,12H2,1H3,(H2,13,15). The molecule has 0 spiro atoms. The lowest BCUT2D eigenvalue weighted by molar-refractivity contribution is -0.118. The van der Waals surface area contributed by atoms with E-state index in [-0.39, 0.29) is 12.5 Å². The molecule has 1 aromatic carbocycles. The number of carbonyl (C=O) groups is 2. The number of amides is 2. The van der Waals surface area contributed by atoms with Crippen LogP contribution in [0.15, 0.2) is 22.7 Å². The van der Waals surface area contributed by atoms with Crippen molar-refractivity contribution >= 4 is 33.4 Å². The van der Waals surface area contributed by atoms with Crippen molar-refractivity contribution in [3.8, 4) is 0 Å². The van der Waals surface area contributed by atoms with E-state index in [9.17, 15) is 9.59 Å². The summed E-state index contributed by atoms with van der Waals surface area (Å²) in [6.45, 7) is -0.134. The number of nitrogens with zero attached hydrogens (tertiary/aromatic N) is 1. The van der Waals surface area contributed by atoms with Crippen LogP contribution in [0.1, 0.15) is 10.4 Å². The molecule has 0 radical (unpaired) electrons. The van der Waals surface area contributed by atoms with Gasteiger partial charge in [-0.3, -0.25) is 9.59 Å².